The van der Waals surface area contributed by atoms with Gasteiger partial charge in [-0.3, -0.25) is 10.1 Å². The minimum atomic E-state index is -0.195. The number of unbranched alkanes of at least 4 members (excludes halogenated alkanes) is 13. The quantitative estimate of drug-likeness (QED) is 0.119. The third-order valence-electron chi connectivity index (χ3n) is 5.46. The maximum Gasteiger partial charge on any atom is 0.257 e. The zero-order chi connectivity index (χ0) is 22.7. The Morgan fingerprint density at radius 2 is 1.42 bits per heavy atom. The SMILES string of the molecule is CCCCCCCCCCCCCCCCNC(=S)NC(=O)c1ccc(OC)c(I)c1. The van der Waals surface area contributed by atoms with Crippen LogP contribution in [0, 0.1) is 3.57 Å². The van der Waals surface area contributed by atoms with Gasteiger partial charge < -0.3 is 10.1 Å². The Labute approximate surface area is 208 Å². The number of benzene rings is 1. The average Bonchev–Trinajstić information content (AvgIpc) is 2.76. The highest BCUT2D eigenvalue weighted by Gasteiger charge is 2.10. The van der Waals surface area contributed by atoms with Crippen LogP contribution < -0.4 is 15.4 Å². The lowest BCUT2D eigenvalue weighted by Gasteiger charge is -2.10. The fraction of sp³-hybridized carbons (Fsp3) is 0.680. The molecule has 0 saturated heterocycles. The number of carbonyl (C=O) groups is 1. The van der Waals surface area contributed by atoms with Gasteiger partial charge in [0.05, 0.1) is 10.7 Å². The van der Waals surface area contributed by atoms with Crippen LogP contribution in [0.3, 0.4) is 0 Å². The molecule has 0 atom stereocenters. The van der Waals surface area contributed by atoms with Gasteiger partial charge in [-0.15, -0.1) is 0 Å². The Morgan fingerprint density at radius 3 is 1.90 bits per heavy atom. The third kappa shape index (κ3) is 14.0. The van der Waals surface area contributed by atoms with Crippen LogP contribution in [0.1, 0.15) is 107 Å². The van der Waals surface area contributed by atoms with Crippen molar-refractivity contribution in [1.29, 1.82) is 0 Å². The summed E-state index contributed by atoms with van der Waals surface area (Å²) in [6.07, 6.45) is 18.9. The Balaban J connectivity index is 1.95. The van der Waals surface area contributed by atoms with Crippen molar-refractivity contribution in [3.8, 4) is 5.75 Å². The van der Waals surface area contributed by atoms with Crippen LogP contribution in [-0.4, -0.2) is 24.7 Å². The van der Waals surface area contributed by atoms with Gasteiger partial charge in [0.2, 0.25) is 0 Å². The molecule has 176 valence electrons. The van der Waals surface area contributed by atoms with Crippen molar-refractivity contribution >= 4 is 45.8 Å². The van der Waals surface area contributed by atoms with Crippen LogP contribution in [0.5, 0.6) is 5.75 Å². The molecule has 0 heterocycles. The number of ether oxygens (including phenoxy) is 1. The number of hydrogen-bond donors (Lipinski definition) is 2. The lowest BCUT2D eigenvalue weighted by Crippen LogP contribution is -2.39. The van der Waals surface area contributed by atoms with E-state index in [4.69, 9.17) is 17.0 Å². The van der Waals surface area contributed by atoms with Crippen LogP contribution in [-0.2, 0) is 0 Å². The highest BCUT2D eigenvalue weighted by atomic mass is 127. The van der Waals surface area contributed by atoms with E-state index in [9.17, 15) is 4.79 Å². The normalized spacial score (nSPS) is 10.7. The third-order valence-corrected chi connectivity index (χ3v) is 6.55. The lowest BCUT2D eigenvalue weighted by molar-refractivity contribution is 0.0976. The zero-order valence-electron chi connectivity index (χ0n) is 19.4. The summed E-state index contributed by atoms with van der Waals surface area (Å²) >= 11 is 7.40. The molecule has 0 saturated carbocycles. The molecule has 1 aromatic carbocycles. The predicted octanol–water partition coefficient (Wildman–Crippen LogP) is 7.39. The number of methoxy groups -OCH3 is 1. The summed E-state index contributed by atoms with van der Waals surface area (Å²) < 4.78 is 6.12. The molecule has 1 aromatic rings. The summed E-state index contributed by atoms with van der Waals surface area (Å²) in [5.74, 6) is 0.565. The fourth-order valence-electron chi connectivity index (χ4n) is 3.55. The maximum atomic E-state index is 12.3. The Kier molecular flexibility index (Phi) is 16.9. The molecule has 0 aromatic heterocycles. The summed E-state index contributed by atoms with van der Waals surface area (Å²) in [6, 6.07) is 5.33. The number of halogens is 1. The van der Waals surface area contributed by atoms with E-state index < -0.39 is 0 Å². The molecule has 0 aliphatic rings. The number of carbonyl (C=O) groups excluding carboxylic acids is 1. The second-order valence-corrected chi connectivity index (χ2v) is 9.73. The van der Waals surface area contributed by atoms with Gasteiger partial charge in [-0.05, 0) is 59.4 Å². The summed E-state index contributed by atoms with van der Waals surface area (Å²) in [7, 11) is 1.62. The topological polar surface area (TPSA) is 50.4 Å². The fourth-order valence-corrected chi connectivity index (χ4v) is 4.48. The van der Waals surface area contributed by atoms with Crippen LogP contribution in [0.15, 0.2) is 18.2 Å². The summed E-state index contributed by atoms with van der Waals surface area (Å²) in [5, 5.41) is 6.28. The van der Waals surface area contributed by atoms with Crippen LogP contribution in [0.25, 0.3) is 0 Å². The van der Waals surface area contributed by atoms with Crippen LogP contribution in [0.2, 0.25) is 0 Å². The predicted molar refractivity (Wildman–Crippen MR) is 144 cm³/mol. The molecule has 0 spiro atoms. The minimum absolute atomic E-state index is 0.195. The first-order chi connectivity index (χ1) is 15.1. The van der Waals surface area contributed by atoms with E-state index in [1.165, 1.54) is 83.5 Å². The highest BCUT2D eigenvalue weighted by Crippen LogP contribution is 2.21. The molecule has 1 rings (SSSR count). The van der Waals surface area contributed by atoms with E-state index >= 15 is 0 Å². The van der Waals surface area contributed by atoms with E-state index in [0.717, 1.165) is 22.3 Å². The minimum Gasteiger partial charge on any atom is -0.496 e. The first-order valence-corrected chi connectivity index (χ1v) is 13.5. The molecular weight excluding hydrogens is 519 g/mol. The van der Waals surface area contributed by atoms with Crippen molar-refractivity contribution in [1.82, 2.24) is 10.6 Å². The molecule has 0 radical (unpaired) electrons. The van der Waals surface area contributed by atoms with Gasteiger partial charge in [0.1, 0.15) is 5.75 Å². The molecule has 6 heteroatoms. The average molecular weight is 561 g/mol. The lowest BCUT2D eigenvalue weighted by atomic mass is 10.0. The van der Waals surface area contributed by atoms with Gasteiger partial charge in [0.25, 0.3) is 5.91 Å². The van der Waals surface area contributed by atoms with E-state index in [2.05, 4.69) is 40.1 Å². The van der Waals surface area contributed by atoms with Gasteiger partial charge in [-0.1, -0.05) is 90.4 Å². The molecule has 1 amide bonds. The maximum absolute atomic E-state index is 12.3. The number of hydrogen-bond acceptors (Lipinski definition) is 3. The Hall–Kier alpha value is -0.890. The van der Waals surface area contributed by atoms with E-state index in [1.807, 2.05) is 0 Å². The zero-order valence-corrected chi connectivity index (χ0v) is 22.4. The summed E-state index contributed by atoms with van der Waals surface area (Å²) in [6.45, 7) is 3.08. The van der Waals surface area contributed by atoms with Gasteiger partial charge in [-0.25, -0.2) is 0 Å². The Morgan fingerprint density at radius 1 is 0.903 bits per heavy atom. The summed E-state index contributed by atoms with van der Waals surface area (Å²) in [5.41, 5.74) is 0.575. The monoisotopic (exact) mass is 560 g/mol. The van der Waals surface area contributed by atoms with Gasteiger partial charge in [0, 0.05) is 12.1 Å². The second-order valence-electron chi connectivity index (χ2n) is 8.16. The molecule has 0 aliphatic carbocycles. The molecular formula is C25H41IN2O2S. The van der Waals surface area contributed by atoms with Gasteiger partial charge in [0.15, 0.2) is 5.11 Å². The Bertz CT molecular complexity index is 640. The van der Waals surface area contributed by atoms with Gasteiger partial charge in [-0.2, -0.15) is 0 Å². The molecule has 0 unspecified atom stereocenters. The molecule has 0 fully saturated rings. The molecule has 31 heavy (non-hydrogen) atoms. The van der Waals surface area contributed by atoms with Crippen molar-refractivity contribution in [3.63, 3.8) is 0 Å². The second kappa shape index (κ2) is 18.7. The number of amides is 1. The van der Waals surface area contributed by atoms with Gasteiger partial charge >= 0.3 is 0 Å². The standard InChI is InChI=1S/C25H41IN2O2S/c1-3-4-5-6-7-8-9-10-11-12-13-14-15-16-19-27-25(31)28-24(29)21-17-18-23(30-2)22(26)20-21/h17-18,20H,3-16,19H2,1-2H3,(H2,27,28,29,31). The van der Waals surface area contributed by atoms with Crippen LogP contribution in [0.4, 0.5) is 0 Å². The first-order valence-electron chi connectivity index (χ1n) is 12.0. The van der Waals surface area contributed by atoms with Crippen molar-refractivity contribution in [2.45, 2.75) is 96.8 Å². The van der Waals surface area contributed by atoms with Crippen molar-refractivity contribution in [2.24, 2.45) is 0 Å². The summed E-state index contributed by atoms with van der Waals surface area (Å²) in [4.78, 5) is 12.3. The number of nitrogens with one attached hydrogen (secondary N) is 2. The molecule has 0 aliphatic heterocycles. The van der Waals surface area contributed by atoms with Crippen LogP contribution >= 0.6 is 34.8 Å². The molecule has 0 bridgehead atoms. The smallest absolute Gasteiger partial charge is 0.257 e. The van der Waals surface area contributed by atoms with E-state index in [-0.39, 0.29) is 5.91 Å². The highest BCUT2D eigenvalue weighted by molar-refractivity contribution is 14.1. The largest absolute Gasteiger partial charge is 0.496 e. The van der Waals surface area contributed by atoms with Crippen molar-refractivity contribution in [3.05, 3.63) is 27.3 Å². The number of rotatable bonds is 17. The van der Waals surface area contributed by atoms with E-state index in [0.29, 0.717) is 10.7 Å². The van der Waals surface area contributed by atoms with Crippen molar-refractivity contribution < 1.29 is 9.53 Å². The number of thiocarbonyl (C=S) groups is 1. The molecule has 2 N–H and O–H groups in total. The van der Waals surface area contributed by atoms with Crippen molar-refractivity contribution in [2.75, 3.05) is 13.7 Å². The molecule has 4 nitrogen and oxygen atoms in total. The van der Waals surface area contributed by atoms with E-state index in [1.54, 1.807) is 25.3 Å². The first kappa shape index (κ1) is 28.1.